The van der Waals surface area contributed by atoms with E-state index in [1.807, 2.05) is 25.6 Å². The van der Waals surface area contributed by atoms with Gasteiger partial charge in [-0.1, -0.05) is 6.07 Å². The van der Waals surface area contributed by atoms with Gasteiger partial charge in [0.15, 0.2) is 12.6 Å². The lowest BCUT2D eigenvalue weighted by Crippen LogP contribution is -2.43. The summed E-state index contributed by atoms with van der Waals surface area (Å²) in [6, 6.07) is 3.19. The maximum Gasteiger partial charge on any atom is 0.422 e. The molecule has 0 bridgehead atoms. The van der Waals surface area contributed by atoms with Crippen LogP contribution in [0.4, 0.5) is 13.2 Å². The summed E-state index contributed by atoms with van der Waals surface area (Å²) in [5.41, 5.74) is 4.14. The second kappa shape index (κ2) is 10.3. The van der Waals surface area contributed by atoms with Crippen molar-refractivity contribution in [2.24, 2.45) is 12.0 Å². The largest absolute Gasteiger partial charge is 0.468 e. The number of ether oxygens (including phenoxy) is 1. The number of alkyl halides is 3. The molecule has 2 aromatic rings. The molecular formula is C20H29F3N6O. The van der Waals surface area contributed by atoms with Crippen molar-refractivity contribution in [1.29, 1.82) is 0 Å². The molecule has 30 heavy (non-hydrogen) atoms. The van der Waals surface area contributed by atoms with Gasteiger partial charge in [-0.3, -0.25) is 4.68 Å². The van der Waals surface area contributed by atoms with Gasteiger partial charge in [-0.2, -0.15) is 18.3 Å². The van der Waals surface area contributed by atoms with Gasteiger partial charge in [0.2, 0.25) is 5.88 Å². The van der Waals surface area contributed by atoms with E-state index in [9.17, 15) is 13.2 Å². The number of rotatable bonds is 8. The Bertz CT molecular complexity index is 845. The maximum atomic E-state index is 12.2. The molecule has 0 amide bonds. The smallest absolute Gasteiger partial charge is 0.422 e. The molecule has 1 unspecified atom stereocenters. The van der Waals surface area contributed by atoms with Crippen molar-refractivity contribution in [3.8, 4) is 5.88 Å². The summed E-state index contributed by atoms with van der Waals surface area (Å²) in [6.07, 6.45) is -2.12. The van der Waals surface area contributed by atoms with Gasteiger partial charge in [-0.15, -0.1) is 0 Å². The molecule has 166 valence electrons. The first-order valence-electron chi connectivity index (χ1n) is 9.77. The summed E-state index contributed by atoms with van der Waals surface area (Å²) < 4.78 is 43.1. The molecule has 0 aliphatic rings. The molecule has 0 fully saturated rings. The van der Waals surface area contributed by atoms with Crippen molar-refractivity contribution in [2.45, 2.75) is 52.9 Å². The van der Waals surface area contributed by atoms with Gasteiger partial charge in [0, 0.05) is 37.6 Å². The molecule has 7 nitrogen and oxygen atoms in total. The van der Waals surface area contributed by atoms with Crippen LogP contribution in [-0.2, 0) is 20.0 Å². The Morgan fingerprint density at radius 1 is 1.30 bits per heavy atom. The summed E-state index contributed by atoms with van der Waals surface area (Å²) in [7, 11) is 1.93. The zero-order valence-corrected chi connectivity index (χ0v) is 18.0. The van der Waals surface area contributed by atoms with E-state index in [-0.39, 0.29) is 11.9 Å². The van der Waals surface area contributed by atoms with Crippen molar-refractivity contribution in [2.75, 3.05) is 13.2 Å². The molecule has 0 saturated carbocycles. The van der Waals surface area contributed by atoms with Gasteiger partial charge in [0.05, 0.1) is 12.2 Å². The maximum absolute atomic E-state index is 12.2. The van der Waals surface area contributed by atoms with Crippen LogP contribution in [-0.4, -0.2) is 46.1 Å². The normalized spacial score (nSPS) is 13.3. The van der Waals surface area contributed by atoms with Crippen LogP contribution < -0.4 is 15.4 Å². The van der Waals surface area contributed by atoms with Crippen LogP contribution >= 0.6 is 0 Å². The number of guanidine groups is 1. The minimum Gasteiger partial charge on any atom is -0.468 e. The fourth-order valence-corrected chi connectivity index (χ4v) is 2.94. The number of hydrogen-bond acceptors (Lipinski definition) is 4. The fourth-order valence-electron chi connectivity index (χ4n) is 2.94. The molecule has 1 atom stereocenters. The van der Waals surface area contributed by atoms with Crippen molar-refractivity contribution in [1.82, 2.24) is 25.4 Å². The number of aromatic nitrogens is 3. The van der Waals surface area contributed by atoms with Gasteiger partial charge in [0.25, 0.3) is 0 Å². The van der Waals surface area contributed by atoms with E-state index < -0.39 is 12.8 Å². The quantitative estimate of drug-likeness (QED) is 0.501. The predicted octanol–water partition coefficient (Wildman–Crippen LogP) is 3.06. The van der Waals surface area contributed by atoms with Gasteiger partial charge in [-0.05, 0) is 45.2 Å². The van der Waals surface area contributed by atoms with E-state index in [2.05, 4.69) is 44.3 Å². The number of nitrogens with zero attached hydrogens (tertiary/aromatic N) is 4. The van der Waals surface area contributed by atoms with E-state index in [1.165, 1.54) is 17.8 Å². The van der Waals surface area contributed by atoms with Crippen LogP contribution in [0.15, 0.2) is 23.3 Å². The highest BCUT2D eigenvalue weighted by Crippen LogP contribution is 2.17. The number of aryl methyl sites for hydroxylation is 2. The summed E-state index contributed by atoms with van der Waals surface area (Å²) in [5.74, 6) is 0.586. The zero-order valence-electron chi connectivity index (χ0n) is 18.0. The molecule has 0 aromatic carbocycles. The van der Waals surface area contributed by atoms with Crippen molar-refractivity contribution in [3.63, 3.8) is 0 Å². The first-order valence-corrected chi connectivity index (χ1v) is 9.77. The van der Waals surface area contributed by atoms with Crippen LogP contribution in [0.5, 0.6) is 5.88 Å². The molecule has 0 aliphatic heterocycles. The summed E-state index contributed by atoms with van der Waals surface area (Å²) in [6.45, 7) is 7.78. The Morgan fingerprint density at radius 2 is 2.03 bits per heavy atom. The lowest BCUT2D eigenvalue weighted by atomic mass is 10.1. The topological polar surface area (TPSA) is 76.4 Å². The SMILES string of the molecule is CCNC(=NCc1ccc(OCC(F)(F)F)nc1)NC(C)Cc1c(C)nn(C)c1C. The average Bonchev–Trinajstić information content (AvgIpc) is 2.91. The minimum absolute atomic E-state index is 0.0686. The Balaban J connectivity index is 1.96. The third kappa shape index (κ3) is 7.23. The second-order valence-electron chi connectivity index (χ2n) is 7.13. The summed E-state index contributed by atoms with van der Waals surface area (Å²) in [4.78, 5) is 8.45. The predicted molar refractivity (Wildman–Crippen MR) is 110 cm³/mol. The number of aliphatic imine (C=N–C) groups is 1. The molecule has 0 radical (unpaired) electrons. The average molecular weight is 426 g/mol. The molecule has 2 aromatic heterocycles. The van der Waals surface area contributed by atoms with Crippen LogP contribution in [0, 0.1) is 13.8 Å². The Hall–Kier alpha value is -2.78. The Morgan fingerprint density at radius 3 is 2.57 bits per heavy atom. The van der Waals surface area contributed by atoms with Gasteiger partial charge in [-0.25, -0.2) is 9.98 Å². The fraction of sp³-hybridized carbons (Fsp3) is 0.550. The number of hydrogen-bond donors (Lipinski definition) is 2. The van der Waals surface area contributed by atoms with E-state index in [0.717, 1.165) is 23.4 Å². The standard InChI is InChI=1S/C20H29F3N6O/c1-6-24-19(27-13(2)9-17-14(3)28-29(5)15(17)4)26-11-16-7-8-18(25-10-16)30-12-20(21,22)23/h7-8,10,13H,6,9,11-12H2,1-5H3,(H2,24,26,27). The molecule has 0 saturated heterocycles. The number of nitrogens with one attached hydrogen (secondary N) is 2. The minimum atomic E-state index is -4.39. The van der Waals surface area contributed by atoms with Gasteiger partial charge in [0.1, 0.15) is 0 Å². The monoisotopic (exact) mass is 426 g/mol. The molecule has 2 N–H and O–H groups in total. The van der Waals surface area contributed by atoms with Crippen LogP contribution in [0.2, 0.25) is 0 Å². The third-order valence-corrected chi connectivity index (χ3v) is 4.50. The van der Waals surface area contributed by atoms with Crippen LogP contribution in [0.3, 0.4) is 0 Å². The van der Waals surface area contributed by atoms with E-state index in [4.69, 9.17) is 0 Å². The first-order chi connectivity index (χ1) is 14.1. The second-order valence-corrected chi connectivity index (χ2v) is 7.13. The van der Waals surface area contributed by atoms with Gasteiger partial charge >= 0.3 is 6.18 Å². The molecule has 0 spiro atoms. The molecule has 10 heteroatoms. The third-order valence-electron chi connectivity index (χ3n) is 4.50. The lowest BCUT2D eigenvalue weighted by Gasteiger charge is -2.18. The Labute approximate surface area is 174 Å². The van der Waals surface area contributed by atoms with Crippen molar-refractivity contribution >= 4 is 5.96 Å². The van der Waals surface area contributed by atoms with Crippen molar-refractivity contribution < 1.29 is 17.9 Å². The molecule has 2 heterocycles. The summed E-state index contributed by atoms with van der Waals surface area (Å²) >= 11 is 0. The van der Waals surface area contributed by atoms with Gasteiger partial charge < -0.3 is 15.4 Å². The van der Waals surface area contributed by atoms with E-state index >= 15 is 0 Å². The Kier molecular flexibility index (Phi) is 8.08. The highest BCUT2D eigenvalue weighted by atomic mass is 19.4. The number of halogens is 3. The van der Waals surface area contributed by atoms with E-state index in [1.54, 1.807) is 6.07 Å². The zero-order chi connectivity index (χ0) is 22.3. The first kappa shape index (κ1) is 23.5. The van der Waals surface area contributed by atoms with Crippen LogP contribution in [0.1, 0.15) is 36.4 Å². The van der Waals surface area contributed by atoms with Crippen molar-refractivity contribution in [3.05, 3.63) is 40.8 Å². The molecular weight excluding hydrogens is 397 g/mol. The lowest BCUT2D eigenvalue weighted by molar-refractivity contribution is -0.154. The molecule has 2 rings (SSSR count). The summed E-state index contributed by atoms with van der Waals surface area (Å²) in [5, 5.41) is 11.0. The molecule has 0 aliphatic carbocycles. The highest BCUT2D eigenvalue weighted by Gasteiger charge is 2.28. The number of pyridine rings is 1. The van der Waals surface area contributed by atoms with Crippen LogP contribution in [0.25, 0.3) is 0 Å². The highest BCUT2D eigenvalue weighted by molar-refractivity contribution is 5.80. The van der Waals surface area contributed by atoms with E-state index in [0.29, 0.717) is 19.0 Å².